The highest BCUT2D eigenvalue weighted by Crippen LogP contribution is 2.21. The van der Waals surface area contributed by atoms with Crippen LogP contribution in [0.15, 0.2) is 65.8 Å². The molecule has 0 saturated heterocycles. The van der Waals surface area contributed by atoms with Gasteiger partial charge in [-0.3, -0.25) is 0 Å². The van der Waals surface area contributed by atoms with Gasteiger partial charge in [-0.2, -0.15) is 10.1 Å². The summed E-state index contributed by atoms with van der Waals surface area (Å²) in [5, 5.41) is 13.8. The lowest BCUT2D eigenvalue weighted by Gasteiger charge is -2.03. The van der Waals surface area contributed by atoms with E-state index in [2.05, 4.69) is 39.6 Å². The molecular weight excluding hydrogens is 330 g/mol. The molecule has 0 bridgehead atoms. The molecule has 0 atom stereocenters. The Bertz CT molecular complexity index is 983. The summed E-state index contributed by atoms with van der Waals surface area (Å²) in [5.41, 5.74) is 4.62. The van der Waals surface area contributed by atoms with Crippen molar-refractivity contribution in [1.29, 1.82) is 0 Å². The average Bonchev–Trinajstić information content (AvgIpc) is 3.00. The van der Waals surface area contributed by atoms with Crippen molar-refractivity contribution in [2.75, 3.05) is 5.75 Å². The summed E-state index contributed by atoms with van der Waals surface area (Å²) in [6.07, 6.45) is 0.976. The van der Waals surface area contributed by atoms with Gasteiger partial charge in [-0.1, -0.05) is 60.3 Å². The maximum atomic E-state index is 4.69. The number of nitrogens with zero attached hydrogens (tertiary/aromatic N) is 5. The lowest BCUT2D eigenvalue weighted by molar-refractivity contribution is 0.840. The van der Waals surface area contributed by atoms with Crippen LogP contribution in [-0.4, -0.2) is 30.7 Å². The van der Waals surface area contributed by atoms with Crippen LogP contribution in [0.25, 0.3) is 16.9 Å². The van der Waals surface area contributed by atoms with Gasteiger partial charge in [0.05, 0.1) is 11.4 Å². The van der Waals surface area contributed by atoms with Crippen LogP contribution in [0.5, 0.6) is 0 Å². The topological polar surface area (TPSA) is 56.5 Å². The standard InChI is InChI=1S/C19H17N5S/c1-14-17-18(24(23-14)16-10-6-3-7-11-16)20-19(22-21-17)25-13-12-15-8-4-2-5-9-15/h2-11H,12-13H2,1H3. The summed E-state index contributed by atoms with van der Waals surface area (Å²) in [4.78, 5) is 4.69. The first-order valence-corrected chi connectivity index (χ1v) is 9.12. The summed E-state index contributed by atoms with van der Waals surface area (Å²) in [7, 11) is 0. The molecule has 4 rings (SSSR count). The number of fused-ring (bicyclic) bond motifs is 1. The van der Waals surface area contributed by atoms with Crippen LogP contribution >= 0.6 is 11.8 Å². The Hall–Kier alpha value is -2.73. The molecule has 0 fully saturated rings. The van der Waals surface area contributed by atoms with E-state index in [9.17, 15) is 0 Å². The Kier molecular flexibility index (Phi) is 4.43. The number of benzene rings is 2. The molecule has 2 aromatic carbocycles. The predicted molar refractivity (Wildman–Crippen MR) is 100 cm³/mol. The van der Waals surface area contributed by atoms with Gasteiger partial charge < -0.3 is 0 Å². The van der Waals surface area contributed by atoms with Gasteiger partial charge in [-0.25, -0.2) is 4.68 Å². The van der Waals surface area contributed by atoms with Crippen LogP contribution in [0.2, 0.25) is 0 Å². The van der Waals surface area contributed by atoms with Crippen molar-refractivity contribution in [3.8, 4) is 5.69 Å². The van der Waals surface area contributed by atoms with Crippen molar-refractivity contribution >= 4 is 22.9 Å². The number of para-hydroxylation sites is 1. The van der Waals surface area contributed by atoms with Gasteiger partial charge in [0.1, 0.15) is 0 Å². The predicted octanol–water partition coefficient (Wildman–Crippen LogP) is 3.85. The molecule has 6 heteroatoms. The van der Waals surface area contributed by atoms with Crippen molar-refractivity contribution in [1.82, 2.24) is 25.0 Å². The Morgan fingerprint density at radius 1 is 0.920 bits per heavy atom. The third-order valence-electron chi connectivity index (χ3n) is 3.91. The maximum absolute atomic E-state index is 4.69. The van der Waals surface area contributed by atoms with Crippen molar-refractivity contribution in [2.24, 2.45) is 0 Å². The zero-order chi connectivity index (χ0) is 17.1. The summed E-state index contributed by atoms with van der Waals surface area (Å²) in [6, 6.07) is 20.4. The van der Waals surface area contributed by atoms with E-state index < -0.39 is 0 Å². The molecule has 0 radical (unpaired) electrons. The van der Waals surface area contributed by atoms with Gasteiger partial charge in [-0.05, 0) is 31.0 Å². The van der Waals surface area contributed by atoms with Crippen LogP contribution in [0.3, 0.4) is 0 Å². The first-order chi connectivity index (χ1) is 12.3. The first-order valence-electron chi connectivity index (χ1n) is 8.13. The summed E-state index contributed by atoms with van der Waals surface area (Å²) in [5.74, 6) is 0.912. The minimum Gasteiger partial charge on any atom is -0.213 e. The zero-order valence-electron chi connectivity index (χ0n) is 13.8. The van der Waals surface area contributed by atoms with Crippen molar-refractivity contribution in [3.05, 3.63) is 71.9 Å². The second-order valence-corrected chi connectivity index (χ2v) is 6.75. The van der Waals surface area contributed by atoms with Gasteiger partial charge in [0.2, 0.25) is 5.16 Å². The molecule has 0 amide bonds. The number of aryl methyl sites for hydroxylation is 2. The highest BCUT2D eigenvalue weighted by atomic mass is 32.2. The van der Waals surface area contributed by atoms with Gasteiger partial charge in [0, 0.05) is 5.75 Å². The van der Waals surface area contributed by atoms with Crippen LogP contribution in [0.4, 0.5) is 0 Å². The van der Waals surface area contributed by atoms with Crippen molar-refractivity contribution < 1.29 is 0 Å². The SMILES string of the molecule is Cc1nn(-c2ccccc2)c2nc(SCCc3ccccc3)nnc12. The molecule has 0 aliphatic heterocycles. The fraction of sp³-hybridized carbons (Fsp3) is 0.158. The third kappa shape index (κ3) is 3.39. The summed E-state index contributed by atoms with van der Waals surface area (Å²) < 4.78 is 1.83. The highest BCUT2D eigenvalue weighted by molar-refractivity contribution is 7.99. The molecule has 0 aliphatic rings. The van der Waals surface area contributed by atoms with Gasteiger partial charge in [-0.15, -0.1) is 10.2 Å². The Labute approximate surface area is 150 Å². The summed E-state index contributed by atoms with van der Waals surface area (Å²) >= 11 is 1.62. The van der Waals surface area contributed by atoms with E-state index in [0.717, 1.165) is 34.7 Å². The fourth-order valence-electron chi connectivity index (χ4n) is 2.65. The molecule has 124 valence electrons. The van der Waals surface area contributed by atoms with E-state index >= 15 is 0 Å². The number of thioether (sulfide) groups is 1. The zero-order valence-corrected chi connectivity index (χ0v) is 14.6. The molecule has 5 nitrogen and oxygen atoms in total. The fourth-order valence-corrected chi connectivity index (χ4v) is 3.42. The van der Waals surface area contributed by atoms with Gasteiger partial charge in [0.15, 0.2) is 11.2 Å². The molecule has 2 aromatic heterocycles. The smallest absolute Gasteiger partial charge is 0.211 e. The normalized spacial score (nSPS) is 11.1. The van der Waals surface area contributed by atoms with Crippen molar-refractivity contribution in [3.63, 3.8) is 0 Å². The molecular formula is C19H17N5S. The molecule has 2 heterocycles. The Morgan fingerprint density at radius 2 is 1.64 bits per heavy atom. The van der Waals surface area contributed by atoms with E-state index in [0.29, 0.717) is 5.16 Å². The van der Waals surface area contributed by atoms with Crippen LogP contribution < -0.4 is 0 Å². The molecule has 0 aliphatic carbocycles. The van der Waals surface area contributed by atoms with E-state index in [1.165, 1.54) is 5.56 Å². The first kappa shape index (κ1) is 15.8. The van der Waals surface area contributed by atoms with E-state index in [4.69, 9.17) is 4.98 Å². The van der Waals surface area contributed by atoms with E-state index in [1.54, 1.807) is 11.8 Å². The molecule has 4 aromatic rings. The molecule has 0 saturated carbocycles. The second kappa shape index (κ2) is 7.03. The number of hydrogen-bond donors (Lipinski definition) is 0. The lowest BCUT2D eigenvalue weighted by Crippen LogP contribution is -2.00. The van der Waals surface area contributed by atoms with E-state index in [1.807, 2.05) is 48.0 Å². The Morgan fingerprint density at radius 3 is 2.40 bits per heavy atom. The molecule has 0 unspecified atom stereocenters. The molecule has 0 spiro atoms. The third-order valence-corrected chi connectivity index (χ3v) is 4.75. The summed E-state index contributed by atoms with van der Waals surface area (Å²) in [6.45, 7) is 1.93. The second-order valence-electron chi connectivity index (χ2n) is 5.68. The molecule has 0 N–H and O–H groups in total. The maximum Gasteiger partial charge on any atom is 0.211 e. The number of rotatable bonds is 5. The number of aromatic nitrogens is 5. The van der Waals surface area contributed by atoms with Gasteiger partial charge in [0.25, 0.3) is 0 Å². The van der Waals surface area contributed by atoms with Gasteiger partial charge >= 0.3 is 0 Å². The van der Waals surface area contributed by atoms with E-state index in [-0.39, 0.29) is 0 Å². The lowest BCUT2D eigenvalue weighted by atomic mass is 10.2. The average molecular weight is 347 g/mol. The Balaban J connectivity index is 1.59. The minimum atomic E-state index is 0.681. The van der Waals surface area contributed by atoms with Crippen LogP contribution in [0, 0.1) is 6.92 Å². The molecule has 25 heavy (non-hydrogen) atoms. The number of hydrogen-bond acceptors (Lipinski definition) is 5. The quantitative estimate of drug-likeness (QED) is 0.513. The minimum absolute atomic E-state index is 0.681. The van der Waals surface area contributed by atoms with Crippen LogP contribution in [0.1, 0.15) is 11.3 Å². The van der Waals surface area contributed by atoms with Crippen molar-refractivity contribution in [2.45, 2.75) is 18.5 Å². The largest absolute Gasteiger partial charge is 0.213 e. The monoisotopic (exact) mass is 347 g/mol. The van der Waals surface area contributed by atoms with Crippen LogP contribution in [-0.2, 0) is 6.42 Å². The highest BCUT2D eigenvalue weighted by Gasteiger charge is 2.13.